The van der Waals surface area contributed by atoms with Gasteiger partial charge in [0, 0.05) is 5.41 Å². The third-order valence-corrected chi connectivity index (χ3v) is 6.81. The molecule has 0 N–H and O–H groups in total. The first-order valence-corrected chi connectivity index (χ1v) is 11.4. The van der Waals surface area contributed by atoms with Crippen molar-refractivity contribution in [2.75, 3.05) is 6.61 Å². The predicted octanol–water partition coefficient (Wildman–Crippen LogP) is 7.75. The fourth-order valence-electron chi connectivity index (χ4n) is 5.12. The average molecular weight is 407 g/mol. The quantitative estimate of drug-likeness (QED) is 0.294. The number of aryl methyl sites for hydroxylation is 2. The molecule has 1 heteroatoms. The van der Waals surface area contributed by atoms with Crippen molar-refractivity contribution in [2.45, 2.75) is 44.9 Å². The van der Waals surface area contributed by atoms with Gasteiger partial charge in [-0.1, -0.05) is 78.9 Å². The zero-order chi connectivity index (χ0) is 21.3. The van der Waals surface area contributed by atoms with E-state index in [4.69, 9.17) is 4.74 Å². The molecule has 0 saturated carbocycles. The van der Waals surface area contributed by atoms with Crippen LogP contribution in [0.15, 0.2) is 90.7 Å². The van der Waals surface area contributed by atoms with E-state index in [1.165, 1.54) is 52.8 Å². The Labute approximate surface area is 185 Å². The highest BCUT2D eigenvalue weighted by atomic mass is 16.5. The second kappa shape index (κ2) is 8.23. The zero-order valence-corrected chi connectivity index (χ0v) is 18.5. The molecular formula is C30H30O. The highest BCUT2D eigenvalue weighted by molar-refractivity contribution is 6.08. The van der Waals surface area contributed by atoms with Crippen LogP contribution in [0.3, 0.4) is 0 Å². The number of ether oxygens (including phenoxy) is 1. The molecule has 0 radical (unpaired) electrons. The van der Waals surface area contributed by atoms with Crippen LogP contribution in [-0.4, -0.2) is 6.61 Å². The smallest absolute Gasteiger partial charge is 0.101 e. The molecule has 1 atom stereocenters. The van der Waals surface area contributed by atoms with Crippen LogP contribution in [0.25, 0.3) is 21.5 Å². The molecule has 0 fully saturated rings. The van der Waals surface area contributed by atoms with Gasteiger partial charge >= 0.3 is 0 Å². The molecule has 0 saturated heterocycles. The molecule has 31 heavy (non-hydrogen) atoms. The SMILES string of the molecule is CC1=CC(C)(c2ccccc2)CO1.c1ccc2c(c1)ccc1c3c(ccc12)CCCC3. The predicted molar refractivity (Wildman–Crippen MR) is 132 cm³/mol. The summed E-state index contributed by atoms with van der Waals surface area (Å²) in [5.74, 6) is 1.03. The molecule has 1 heterocycles. The Bertz CT molecular complexity index is 1250. The van der Waals surface area contributed by atoms with Crippen molar-refractivity contribution in [2.24, 2.45) is 0 Å². The van der Waals surface area contributed by atoms with E-state index in [1.54, 1.807) is 11.1 Å². The van der Waals surface area contributed by atoms with Crippen molar-refractivity contribution >= 4 is 21.5 Å². The second-order valence-electron chi connectivity index (χ2n) is 9.12. The lowest BCUT2D eigenvalue weighted by atomic mass is 9.84. The number of rotatable bonds is 1. The molecule has 0 aromatic heterocycles. The van der Waals surface area contributed by atoms with E-state index in [1.807, 2.05) is 13.0 Å². The van der Waals surface area contributed by atoms with E-state index in [0.717, 1.165) is 12.4 Å². The van der Waals surface area contributed by atoms with Gasteiger partial charge in [0.15, 0.2) is 0 Å². The normalized spacial score (nSPS) is 19.9. The van der Waals surface area contributed by atoms with Crippen LogP contribution in [0, 0.1) is 0 Å². The van der Waals surface area contributed by atoms with Gasteiger partial charge in [0.1, 0.15) is 6.61 Å². The van der Waals surface area contributed by atoms with Crippen LogP contribution in [0.5, 0.6) is 0 Å². The number of fused-ring (bicyclic) bond motifs is 5. The van der Waals surface area contributed by atoms with Gasteiger partial charge in [-0.25, -0.2) is 0 Å². The van der Waals surface area contributed by atoms with E-state index in [0.29, 0.717) is 0 Å². The highest BCUT2D eigenvalue weighted by Gasteiger charge is 2.29. The summed E-state index contributed by atoms with van der Waals surface area (Å²) in [6, 6.07) is 28.5. The molecule has 156 valence electrons. The van der Waals surface area contributed by atoms with E-state index >= 15 is 0 Å². The summed E-state index contributed by atoms with van der Waals surface area (Å²) in [7, 11) is 0. The number of allylic oxidation sites excluding steroid dienone is 1. The molecule has 4 aromatic rings. The molecule has 1 unspecified atom stereocenters. The summed E-state index contributed by atoms with van der Waals surface area (Å²) in [5.41, 5.74) is 4.58. The first-order valence-electron chi connectivity index (χ1n) is 11.4. The fraction of sp³-hybridized carbons (Fsp3) is 0.267. The second-order valence-corrected chi connectivity index (χ2v) is 9.12. The first-order chi connectivity index (χ1) is 15.1. The van der Waals surface area contributed by atoms with E-state index in [-0.39, 0.29) is 5.41 Å². The summed E-state index contributed by atoms with van der Waals surface area (Å²) in [5, 5.41) is 5.64. The minimum atomic E-state index is 0.0747. The van der Waals surface area contributed by atoms with E-state index < -0.39 is 0 Å². The molecule has 1 nitrogen and oxygen atoms in total. The van der Waals surface area contributed by atoms with E-state index in [2.05, 4.69) is 85.8 Å². The summed E-state index contributed by atoms with van der Waals surface area (Å²) in [6.07, 6.45) is 7.41. The summed E-state index contributed by atoms with van der Waals surface area (Å²) in [6.45, 7) is 4.98. The monoisotopic (exact) mass is 406 g/mol. The Morgan fingerprint density at radius 2 is 1.45 bits per heavy atom. The molecule has 6 rings (SSSR count). The van der Waals surface area contributed by atoms with Crippen LogP contribution >= 0.6 is 0 Å². The van der Waals surface area contributed by atoms with Crippen molar-refractivity contribution in [3.8, 4) is 0 Å². The lowest BCUT2D eigenvalue weighted by molar-refractivity contribution is 0.210. The maximum Gasteiger partial charge on any atom is 0.101 e. The van der Waals surface area contributed by atoms with Gasteiger partial charge in [-0.15, -0.1) is 0 Å². The topological polar surface area (TPSA) is 9.23 Å². The van der Waals surface area contributed by atoms with Gasteiger partial charge in [-0.05, 0) is 83.8 Å². The third kappa shape index (κ3) is 3.85. The minimum Gasteiger partial charge on any atom is -0.497 e. The van der Waals surface area contributed by atoms with Crippen LogP contribution in [0.1, 0.15) is 43.4 Å². The maximum absolute atomic E-state index is 5.48. The summed E-state index contributed by atoms with van der Waals surface area (Å²) >= 11 is 0. The largest absolute Gasteiger partial charge is 0.497 e. The molecular weight excluding hydrogens is 376 g/mol. The molecule has 4 aromatic carbocycles. The highest BCUT2D eigenvalue weighted by Crippen LogP contribution is 2.33. The number of hydrogen-bond acceptors (Lipinski definition) is 1. The molecule has 0 spiro atoms. The Balaban J connectivity index is 0.000000140. The lowest BCUT2D eigenvalue weighted by Gasteiger charge is -2.19. The Morgan fingerprint density at radius 1 is 0.710 bits per heavy atom. The molecule has 2 aliphatic rings. The fourth-order valence-corrected chi connectivity index (χ4v) is 5.12. The third-order valence-electron chi connectivity index (χ3n) is 6.81. The lowest BCUT2D eigenvalue weighted by Crippen LogP contribution is -2.20. The van der Waals surface area contributed by atoms with Gasteiger partial charge in [0.2, 0.25) is 0 Å². The van der Waals surface area contributed by atoms with Crippen molar-refractivity contribution in [3.05, 3.63) is 107 Å². The van der Waals surface area contributed by atoms with Gasteiger partial charge < -0.3 is 4.74 Å². The average Bonchev–Trinajstić information content (AvgIpc) is 3.19. The number of hydrogen-bond donors (Lipinski definition) is 0. The minimum absolute atomic E-state index is 0.0747. The molecule has 0 amide bonds. The van der Waals surface area contributed by atoms with Crippen LogP contribution in [0.2, 0.25) is 0 Å². The van der Waals surface area contributed by atoms with Crippen LogP contribution in [-0.2, 0) is 23.0 Å². The molecule has 0 bridgehead atoms. The van der Waals surface area contributed by atoms with Gasteiger partial charge in [-0.2, -0.15) is 0 Å². The standard InChI is InChI=1S/C18H16.C12H14O/c1-3-7-15-13(5-1)9-11-18-16-8-4-2-6-14(16)10-12-17(15)18;1-10-8-12(2,9-13-10)11-6-4-3-5-7-11/h1,3,5,7,9-12H,2,4,6,8H2;3-8H,9H2,1-2H3. The molecule has 1 aliphatic carbocycles. The van der Waals surface area contributed by atoms with Gasteiger partial charge in [-0.3, -0.25) is 0 Å². The Morgan fingerprint density at radius 3 is 2.26 bits per heavy atom. The van der Waals surface area contributed by atoms with Gasteiger partial charge in [0.05, 0.1) is 5.76 Å². The van der Waals surface area contributed by atoms with Crippen molar-refractivity contribution < 1.29 is 4.74 Å². The summed E-state index contributed by atoms with van der Waals surface area (Å²) in [4.78, 5) is 0. The van der Waals surface area contributed by atoms with Crippen molar-refractivity contribution in [1.82, 2.24) is 0 Å². The van der Waals surface area contributed by atoms with Gasteiger partial charge in [0.25, 0.3) is 0 Å². The Kier molecular flexibility index (Phi) is 5.28. The Hall–Kier alpha value is -3.06. The van der Waals surface area contributed by atoms with Crippen LogP contribution in [0.4, 0.5) is 0 Å². The van der Waals surface area contributed by atoms with Crippen molar-refractivity contribution in [3.63, 3.8) is 0 Å². The zero-order valence-electron chi connectivity index (χ0n) is 18.5. The van der Waals surface area contributed by atoms with Crippen molar-refractivity contribution in [1.29, 1.82) is 0 Å². The van der Waals surface area contributed by atoms with Crippen LogP contribution < -0.4 is 0 Å². The first kappa shape index (κ1) is 19.9. The number of benzene rings is 4. The van der Waals surface area contributed by atoms with E-state index in [9.17, 15) is 0 Å². The maximum atomic E-state index is 5.48. The molecule has 1 aliphatic heterocycles. The summed E-state index contributed by atoms with van der Waals surface area (Å²) < 4.78 is 5.48.